The van der Waals surface area contributed by atoms with Gasteiger partial charge in [-0.25, -0.2) is 9.67 Å². The fraction of sp³-hybridized carbons (Fsp3) is 0.115. The van der Waals surface area contributed by atoms with Gasteiger partial charge in [0.05, 0.1) is 35.5 Å². The molecule has 35 heavy (non-hydrogen) atoms. The lowest BCUT2D eigenvalue weighted by atomic mass is 10.1. The van der Waals surface area contributed by atoms with Crippen molar-refractivity contribution >= 4 is 45.0 Å². The van der Waals surface area contributed by atoms with E-state index in [4.69, 9.17) is 0 Å². The zero-order chi connectivity index (χ0) is 23.9. The Kier molecular flexibility index (Phi) is 4.88. The summed E-state index contributed by atoms with van der Waals surface area (Å²) in [7, 11) is 0. The van der Waals surface area contributed by atoms with Gasteiger partial charge < -0.3 is 15.2 Å². The molecule has 3 heterocycles. The van der Waals surface area contributed by atoms with E-state index in [9.17, 15) is 14.4 Å². The molecule has 9 nitrogen and oxygen atoms in total. The Morgan fingerprint density at radius 2 is 1.71 bits per heavy atom. The number of rotatable bonds is 4. The lowest BCUT2D eigenvalue weighted by Crippen LogP contribution is -2.28. The summed E-state index contributed by atoms with van der Waals surface area (Å²) in [5.41, 5.74) is 1.99. The van der Waals surface area contributed by atoms with E-state index in [0.717, 1.165) is 16.5 Å². The molecule has 172 valence electrons. The Hall–Kier alpha value is -4.79. The molecule has 1 fully saturated rings. The van der Waals surface area contributed by atoms with Crippen molar-refractivity contribution in [3.05, 3.63) is 89.6 Å². The highest BCUT2D eigenvalue weighted by Gasteiger charge is 2.36. The number of nitrogens with zero attached hydrogens (tertiary/aromatic N) is 4. The van der Waals surface area contributed by atoms with Crippen molar-refractivity contribution in [3.63, 3.8) is 0 Å². The van der Waals surface area contributed by atoms with Crippen molar-refractivity contribution in [2.24, 2.45) is 5.92 Å². The van der Waals surface area contributed by atoms with E-state index in [1.165, 1.54) is 17.2 Å². The fourth-order valence-electron chi connectivity index (χ4n) is 4.59. The summed E-state index contributed by atoms with van der Waals surface area (Å²) < 4.78 is 1.52. The highest BCUT2D eigenvalue weighted by molar-refractivity contribution is 6.08. The number of anilines is 2. The smallest absolute Gasteiger partial charge is 0.261 e. The van der Waals surface area contributed by atoms with Crippen LogP contribution in [0.15, 0.2) is 84.0 Å². The maximum absolute atomic E-state index is 13.2. The van der Waals surface area contributed by atoms with Gasteiger partial charge in [0.1, 0.15) is 5.39 Å². The number of aromatic amines is 1. The molecule has 0 saturated carbocycles. The standard InChI is InChI=1S/C26H20N6O3/c33-23-12-17(14-31(23)21-11-5-7-16-6-1-2-8-18(16)21)25(34)30-20-9-3-4-10-22(20)32-24-19(13-29-32)26(35)28-15-27-24/h1-11,13,15,17H,12,14H2,(H,30,34)(H,27,28,35). The summed E-state index contributed by atoms with van der Waals surface area (Å²) in [5, 5.41) is 9.63. The third kappa shape index (κ3) is 3.54. The molecule has 1 atom stereocenters. The summed E-state index contributed by atoms with van der Waals surface area (Å²) in [4.78, 5) is 46.7. The largest absolute Gasteiger partial charge is 0.324 e. The molecule has 1 unspecified atom stereocenters. The van der Waals surface area contributed by atoms with Gasteiger partial charge >= 0.3 is 0 Å². The van der Waals surface area contributed by atoms with Gasteiger partial charge in [0.2, 0.25) is 11.8 Å². The summed E-state index contributed by atoms with van der Waals surface area (Å²) in [5.74, 6) is -0.850. The fourth-order valence-corrected chi connectivity index (χ4v) is 4.59. The van der Waals surface area contributed by atoms with Gasteiger partial charge in [-0.1, -0.05) is 48.5 Å². The molecule has 2 aromatic heterocycles. The summed E-state index contributed by atoms with van der Waals surface area (Å²) in [6.45, 7) is 0.294. The highest BCUT2D eigenvalue weighted by Crippen LogP contribution is 2.32. The van der Waals surface area contributed by atoms with Crippen LogP contribution in [-0.4, -0.2) is 38.1 Å². The van der Waals surface area contributed by atoms with Crippen molar-refractivity contribution in [1.29, 1.82) is 0 Å². The van der Waals surface area contributed by atoms with Crippen LogP contribution in [0.25, 0.3) is 27.5 Å². The van der Waals surface area contributed by atoms with Crippen molar-refractivity contribution in [3.8, 4) is 5.69 Å². The van der Waals surface area contributed by atoms with Gasteiger partial charge in [0.15, 0.2) is 5.65 Å². The van der Waals surface area contributed by atoms with Gasteiger partial charge in [0.25, 0.3) is 5.56 Å². The Morgan fingerprint density at radius 3 is 2.63 bits per heavy atom. The zero-order valence-electron chi connectivity index (χ0n) is 18.5. The van der Waals surface area contributed by atoms with E-state index >= 15 is 0 Å². The monoisotopic (exact) mass is 464 g/mol. The number of H-pyrrole nitrogens is 1. The van der Waals surface area contributed by atoms with Crippen LogP contribution in [0.4, 0.5) is 11.4 Å². The number of carbonyl (C=O) groups is 2. The number of nitrogens with one attached hydrogen (secondary N) is 2. The Bertz CT molecular complexity index is 1670. The Morgan fingerprint density at radius 1 is 0.943 bits per heavy atom. The minimum absolute atomic E-state index is 0.0868. The first kappa shape index (κ1) is 20.8. The molecule has 1 aliphatic rings. The van der Waals surface area contributed by atoms with Crippen molar-refractivity contribution < 1.29 is 9.59 Å². The van der Waals surface area contributed by atoms with Gasteiger partial charge in [-0.3, -0.25) is 14.4 Å². The molecule has 3 aromatic carbocycles. The second-order valence-corrected chi connectivity index (χ2v) is 8.44. The number of benzene rings is 3. The predicted octanol–water partition coefficient (Wildman–Crippen LogP) is 3.25. The van der Waals surface area contributed by atoms with Gasteiger partial charge in [0, 0.05) is 18.4 Å². The summed E-state index contributed by atoms with van der Waals surface area (Å²) in [6.07, 6.45) is 2.88. The average molecular weight is 464 g/mol. The first-order chi connectivity index (χ1) is 17.1. The number of carbonyl (C=O) groups excluding carboxylic acids is 2. The van der Waals surface area contributed by atoms with E-state index in [1.54, 1.807) is 23.1 Å². The van der Waals surface area contributed by atoms with Gasteiger partial charge in [-0.15, -0.1) is 0 Å². The third-order valence-electron chi connectivity index (χ3n) is 6.31. The average Bonchev–Trinajstić information content (AvgIpc) is 3.49. The topological polar surface area (TPSA) is 113 Å². The lowest BCUT2D eigenvalue weighted by Gasteiger charge is -2.19. The molecule has 9 heteroatoms. The normalized spacial score (nSPS) is 15.7. The maximum atomic E-state index is 13.2. The first-order valence-corrected chi connectivity index (χ1v) is 11.2. The number of hydrogen-bond acceptors (Lipinski definition) is 5. The molecule has 1 aliphatic heterocycles. The van der Waals surface area contributed by atoms with Gasteiger partial charge in [-0.05, 0) is 23.6 Å². The van der Waals surface area contributed by atoms with E-state index in [-0.39, 0.29) is 23.8 Å². The minimum Gasteiger partial charge on any atom is -0.324 e. The molecule has 2 amide bonds. The summed E-state index contributed by atoms with van der Waals surface area (Å²) >= 11 is 0. The Labute approximate surface area is 199 Å². The predicted molar refractivity (Wildman–Crippen MR) is 133 cm³/mol. The molecule has 0 spiro atoms. The third-order valence-corrected chi connectivity index (χ3v) is 6.31. The van der Waals surface area contributed by atoms with Crippen molar-refractivity contribution in [2.45, 2.75) is 6.42 Å². The Balaban J connectivity index is 1.28. The van der Waals surface area contributed by atoms with Crippen LogP contribution in [0.3, 0.4) is 0 Å². The zero-order valence-corrected chi connectivity index (χ0v) is 18.5. The molecule has 5 aromatic rings. The molecule has 6 rings (SSSR count). The number of amides is 2. The maximum Gasteiger partial charge on any atom is 0.261 e. The van der Waals surface area contributed by atoms with Crippen LogP contribution in [0.5, 0.6) is 0 Å². The molecular weight excluding hydrogens is 444 g/mol. The first-order valence-electron chi connectivity index (χ1n) is 11.2. The number of fused-ring (bicyclic) bond motifs is 2. The summed E-state index contributed by atoms with van der Waals surface area (Å²) in [6, 6.07) is 20.9. The molecule has 1 saturated heterocycles. The van der Waals surface area contributed by atoms with Crippen LogP contribution < -0.4 is 15.8 Å². The van der Waals surface area contributed by atoms with Crippen LogP contribution in [0.1, 0.15) is 6.42 Å². The quantitative estimate of drug-likeness (QED) is 0.424. The SMILES string of the molecule is O=C(Nc1ccccc1-n1ncc2c(=O)[nH]cnc21)C1CC(=O)N(c2cccc3ccccc23)C1. The molecule has 0 aliphatic carbocycles. The van der Waals surface area contributed by atoms with E-state index in [1.807, 2.05) is 48.5 Å². The van der Waals surface area contributed by atoms with Crippen molar-refractivity contribution in [2.75, 3.05) is 16.8 Å². The molecule has 2 N–H and O–H groups in total. The molecular formula is C26H20N6O3. The lowest BCUT2D eigenvalue weighted by molar-refractivity contribution is -0.122. The molecule has 0 radical (unpaired) electrons. The number of hydrogen-bond donors (Lipinski definition) is 2. The number of aromatic nitrogens is 4. The van der Waals surface area contributed by atoms with E-state index in [0.29, 0.717) is 29.0 Å². The van der Waals surface area contributed by atoms with E-state index in [2.05, 4.69) is 20.4 Å². The van der Waals surface area contributed by atoms with Crippen LogP contribution in [0, 0.1) is 5.92 Å². The van der Waals surface area contributed by atoms with Gasteiger partial charge in [-0.2, -0.15) is 5.10 Å². The second kappa shape index (κ2) is 8.21. The van der Waals surface area contributed by atoms with Crippen LogP contribution in [-0.2, 0) is 9.59 Å². The van der Waals surface area contributed by atoms with Crippen LogP contribution in [0.2, 0.25) is 0 Å². The highest BCUT2D eigenvalue weighted by atomic mass is 16.2. The van der Waals surface area contributed by atoms with Crippen LogP contribution >= 0.6 is 0 Å². The van der Waals surface area contributed by atoms with E-state index < -0.39 is 5.92 Å². The minimum atomic E-state index is -0.509. The second-order valence-electron chi connectivity index (χ2n) is 8.44. The molecule has 0 bridgehead atoms. The van der Waals surface area contributed by atoms with Crippen molar-refractivity contribution in [1.82, 2.24) is 19.7 Å². The number of para-hydroxylation sites is 2.